The summed E-state index contributed by atoms with van der Waals surface area (Å²) in [5.41, 5.74) is -1.50. The van der Waals surface area contributed by atoms with E-state index in [1.165, 1.54) is 6.07 Å². The fraction of sp³-hybridized carbons (Fsp3) is 0.579. The van der Waals surface area contributed by atoms with Crippen LogP contribution in [0.1, 0.15) is 46.1 Å². The first kappa shape index (κ1) is 20.6. The van der Waals surface area contributed by atoms with Crippen LogP contribution in [-0.4, -0.2) is 45.0 Å². The number of rotatable bonds is 1. The van der Waals surface area contributed by atoms with Gasteiger partial charge in [0.2, 0.25) is 5.96 Å². The van der Waals surface area contributed by atoms with Crippen molar-refractivity contribution < 1.29 is 18.1 Å². The van der Waals surface area contributed by atoms with E-state index in [9.17, 15) is 13.4 Å². The highest BCUT2D eigenvalue weighted by molar-refractivity contribution is 7.92. The minimum Gasteiger partial charge on any atom is -0.444 e. The number of ether oxygens (including phenoxy) is 1. The molecule has 2 aliphatic rings. The van der Waals surface area contributed by atoms with Gasteiger partial charge < -0.3 is 4.74 Å². The van der Waals surface area contributed by atoms with Crippen LogP contribution in [0.3, 0.4) is 0 Å². The van der Waals surface area contributed by atoms with Crippen LogP contribution in [0.25, 0.3) is 0 Å². The van der Waals surface area contributed by atoms with Crippen molar-refractivity contribution >= 4 is 22.0 Å². The van der Waals surface area contributed by atoms with Crippen molar-refractivity contribution in [1.29, 1.82) is 0 Å². The van der Waals surface area contributed by atoms with E-state index in [0.29, 0.717) is 18.7 Å². The summed E-state index contributed by atoms with van der Waals surface area (Å²) in [5, 5.41) is 2.63. The Morgan fingerprint density at radius 2 is 2.04 bits per heavy atom. The molecule has 2 aliphatic heterocycles. The van der Waals surface area contributed by atoms with Crippen LogP contribution in [0.4, 0.5) is 9.18 Å². The van der Waals surface area contributed by atoms with Gasteiger partial charge >= 0.3 is 6.09 Å². The van der Waals surface area contributed by atoms with Gasteiger partial charge in [-0.05, 0) is 46.6 Å². The average molecular weight is 411 g/mol. The molecule has 3 rings (SSSR count). The highest BCUT2D eigenvalue weighted by atomic mass is 32.2. The van der Waals surface area contributed by atoms with Crippen molar-refractivity contribution in [3.63, 3.8) is 0 Å². The van der Waals surface area contributed by atoms with E-state index in [4.69, 9.17) is 4.74 Å². The van der Waals surface area contributed by atoms with E-state index in [2.05, 4.69) is 14.7 Å². The number of alkyl carbamates (subject to hydrolysis) is 1. The summed E-state index contributed by atoms with van der Waals surface area (Å²) in [5.74, 6) is -0.266. The van der Waals surface area contributed by atoms with E-state index in [-0.39, 0.29) is 11.7 Å². The Bertz CT molecular complexity index is 918. The lowest BCUT2D eigenvalue weighted by atomic mass is 9.94. The SMILES string of the molecule is CC(C)(C)OC(=O)NC1=N[C@](C)(c2ccccc2F)CS2(=O)=NCCCCN12. The van der Waals surface area contributed by atoms with Crippen LogP contribution in [0, 0.1) is 5.82 Å². The molecule has 1 unspecified atom stereocenters. The van der Waals surface area contributed by atoms with E-state index in [1.54, 1.807) is 50.2 Å². The van der Waals surface area contributed by atoms with Gasteiger partial charge in [-0.3, -0.25) is 9.62 Å². The van der Waals surface area contributed by atoms with E-state index < -0.39 is 33.0 Å². The number of carbonyl (C=O) groups is 1. The lowest BCUT2D eigenvalue weighted by Crippen LogP contribution is -2.55. The maximum absolute atomic E-state index is 14.5. The van der Waals surface area contributed by atoms with Crippen LogP contribution in [0.5, 0.6) is 0 Å². The number of halogens is 1. The van der Waals surface area contributed by atoms with Crippen molar-refractivity contribution in [2.75, 3.05) is 18.8 Å². The zero-order valence-corrected chi connectivity index (χ0v) is 17.5. The lowest BCUT2D eigenvalue weighted by molar-refractivity contribution is 0.0558. The molecule has 9 heteroatoms. The second kappa shape index (κ2) is 7.35. The van der Waals surface area contributed by atoms with E-state index >= 15 is 0 Å². The van der Waals surface area contributed by atoms with Crippen LogP contribution >= 0.6 is 0 Å². The van der Waals surface area contributed by atoms with Crippen molar-refractivity contribution in [3.05, 3.63) is 35.6 Å². The van der Waals surface area contributed by atoms with Gasteiger partial charge in [-0.15, -0.1) is 0 Å². The number of nitrogens with one attached hydrogen (secondary N) is 1. The number of fused-ring (bicyclic) bond motifs is 1. The average Bonchev–Trinajstić information content (AvgIpc) is 2.74. The van der Waals surface area contributed by atoms with Crippen molar-refractivity contribution in [1.82, 2.24) is 9.62 Å². The molecule has 1 amide bonds. The zero-order chi connectivity index (χ0) is 20.6. The van der Waals surface area contributed by atoms with Crippen molar-refractivity contribution in [3.8, 4) is 0 Å². The Morgan fingerprint density at radius 3 is 2.71 bits per heavy atom. The molecule has 0 radical (unpaired) electrons. The molecule has 28 heavy (non-hydrogen) atoms. The first-order chi connectivity index (χ1) is 13.0. The lowest BCUT2D eigenvalue weighted by Gasteiger charge is -2.39. The Labute approximate surface area is 165 Å². The molecular formula is C19H27FN4O3S. The van der Waals surface area contributed by atoms with Gasteiger partial charge in [0.1, 0.15) is 26.9 Å². The summed E-state index contributed by atoms with van der Waals surface area (Å²) < 4.78 is 39.6. The summed E-state index contributed by atoms with van der Waals surface area (Å²) in [7, 11) is -2.89. The summed E-state index contributed by atoms with van der Waals surface area (Å²) in [6, 6.07) is 6.28. The fourth-order valence-electron chi connectivity index (χ4n) is 3.36. The second-order valence-electron chi connectivity index (χ2n) is 8.23. The second-order valence-corrected chi connectivity index (χ2v) is 10.4. The smallest absolute Gasteiger partial charge is 0.414 e. The number of aliphatic imine (C=N–C) groups is 1. The molecule has 0 aliphatic carbocycles. The highest BCUT2D eigenvalue weighted by Crippen LogP contribution is 2.35. The van der Waals surface area contributed by atoms with E-state index in [0.717, 1.165) is 12.8 Å². The van der Waals surface area contributed by atoms with Gasteiger partial charge in [0.25, 0.3) is 0 Å². The third-order valence-corrected chi connectivity index (χ3v) is 7.10. The van der Waals surface area contributed by atoms with Crippen LogP contribution in [0.15, 0.2) is 33.6 Å². The number of amides is 1. The quantitative estimate of drug-likeness (QED) is 0.770. The number of carbonyl (C=O) groups excluding carboxylic acids is 1. The molecule has 2 atom stereocenters. The standard InChI is InChI=1S/C19H27FN4O3S/c1-18(2,3)27-17(25)22-16-23-19(4,14-9-5-6-10-15(14)20)13-28(26)21-11-7-8-12-24(16)28/h5-6,9-10H,7-8,11-13H2,1-4H3,(H,22,23,25)/t19-,28?/m0/s1. The molecule has 0 aromatic heterocycles. The monoisotopic (exact) mass is 410 g/mol. The maximum atomic E-state index is 14.5. The van der Waals surface area contributed by atoms with Gasteiger partial charge in [-0.25, -0.2) is 22.7 Å². The number of hydrogen-bond acceptors (Lipinski definition) is 5. The normalized spacial score (nSPS) is 27.8. The topological polar surface area (TPSA) is 83.4 Å². The van der Waals surface area contributed by atoms with Gasteiger partial charge in [-0.2, -0.15) is 0 Å². The minimum atomic E-state index is -2.89. The third kappa shape index (κ3) is 4.29. The van der Waals surface area contributed by atoms with Crippen LogP contribution in [0.2, 0.25) is 0 Å². The number of nitrogens with zero attached hydrogens (tertiary/aromatic N) is 3. The molecule has 0 saturated heterocycles. The predicted octanol–water partition coefficient (Wildman–Crippen LogP) is 3.41. The summed E-state index contributed by atoms with van der Waals surface area (Å²) in [6.07, 6.45) is 0.866. The first-order valence-corrected chi connectivity index (χ1v) is 11.0. The van der Waals surface area contributed by atoms with Gasteiger partial charge in [0.15, 0.2) is 0 Å². The third-order valence-electron chi connectivity index (χ3n) is 4.53. The molecule has 1 N–H and O–H groups in total. The van der Waals surface area contributed by atoms with Crippen LogP contribution in [-0.2, 0) is 20.2 Å². The molecule has 0 fully saturated rings. The molecule has 0 spiro atoms. The predicted molar refractivity (Wildman–Crippen MR) is 107 cm³/mol. The Kier molecular flexibility index (Phi) is 5.40. The van der Waals surface area contributed by atoms with Crippen LogP contribution < -0.4 is 5.32 Å². The molecule has 0 saturated carbocycles. The molecule has 0 bridgehead atoms. The number of benzene rings is 1. The van der Waals surface area contributed by atoms with Gasteiger partial charge in [0, 0.05) is 12.1 Å². The summed E-state index contributed by atoms with van der Waals surface area (Å²) in [4.78, 5) is 17.0. The molecular weight excluding hydrogens is 383 g/mol. The molecule has 154 valence electrons. The van der Waals surface area contributed by atoms with Crippen molar-refractivity contribution in [2.45, 2.75) is 51.7 Å². The van der Waals surface area contributed by atoms with E-state index in [1.807, 2.05) is 0 Å². The van der Waals surface area contributed by atoms with Gasteiger partial charge in [0.05, 0.1) is 12.3 Å². The van der Waals surface area contributed by atoms with Gasteiger partial charge in [-0.1, -0.05) is 18.2 Å². The molecule has 7 nitrogen and oxygen atoms in total. The largest absolute Gasteiger partial charge is 0.444 e. The minimum absolute atomic E-state index is 0.0560. The Hall–Kier alpha value is -2.16. The Balaban J connectivity index is 2.07. The molecule has 2 heterocycles. The maximum Gasteiger partial charge on any atom is 0.414 e. The first-order valence-electron chi connectivity index (χ1n) is 9.36. The zero-order valence-electron chi connectivity index (χ0n) is 16.7. The summed E-state index contributed by atoms with van der Waals surface area (Å²) in [6.45, 7) is 7.88. The van der Waals surface area contributed by atoms with Crippen molar-refractivity contribution in [2.24, 2.45) is 9.36 Å². The number of hydrogen-bond donors (Lipinski definition) is 1. The summed E-state index contributed by atoms with van der Waals surface area (Å²) >= 11 is 0. The Morgan fingerprint density at radius 1 is 1.32 bits per heavy atom. The fourth-order valence-corrected chi connectivity index (χ4v) is 5.88. The highest BCUT2D eigenvalue weighted by Gasteiger charge is 2.43. The molecule has 1 aromatic carbocycles. The molecule has 1 aromatic rings. The number of guanidine groups is 1.